The number of aromatic nitrogens is 3. The van der Waals surface area contributed by atoms with Gasteiger partial charge in [-0.2, -0.15) is 10.4 Å². The van der Waals surface area contributed by atoms with Crippen LogP contribution in [0.1, 0.15) is 18.9 Å². The smallest absolute Gasteiger partial charge is 0.417 e. The molecule has 152 valence electrons. The van der Waals surface area contributed by atoms with Gasteiger partial charge in [-0.15, -0.1) is 0 Å². The minimum atomic E-state index is -0.360. The Kier molecular flexibility index (Phi) is 4.48. The normalized spacial score (nSPS) is 19.8. The second-order valence-electron chi connectivity index (χ2n) is 7.35. The lowest BCUT2D eigenvalue weighted by Gasteiger charge is -2.51. The highest BCUT2D eigenvalue weighted by Crippen LogP contribution is 2.32. The molecule has 2 unspecified atom stereocenters. The minimum absolute atomic E-state index is 0.205. The number of pyridine rings is 2. The SMILES string of the molecule is CCOc1cc(-c2ccc(OC(=O)N3C4CNCC3C4)nc2)c2c(C#N)cnn2c1. The molecule has 2 bridgehead atoms. The van der Waals surface area contributed by atoms with Crippen molar-refractivity contribution < 1.29 is 14.3 Å². The van der Waals surface area contributed by atoms with Gasteiger partial charge in [-0.25, -0.2) is 14.3 Å². The van der Waals surface area contributed by atoms with Crippen molar-refractivity contribution in [1.29, 1.82) is 5.26 Å². The van der Waals surface area contributed by atoms with E-state index in [-0.39, 0.29) is 24.1 Å². The van der Waals surface area contributed by atoms with Crippen LogP contribution >= 0.6 is 0 Å². The van der Waals surface area contributed by atoms with Gasteiger partial charge < -0.3 is 14.8 Å². The van der Waals surface area contributed by atoms with Gasteiger partial charge in [0.05, 0.1) is 30.1 Å². The molecule has 0 radical (unpaired) electrons. The molecule has 2 aliphatic rings. The molecule has 30 heavy (non-hydrogen) atoms. The molecule has 9 heteroatoms. The first kappa shape index (κ1) is 18.4. The van der Waals surface area contributed by atoms with Crippen LogP contribution < -0.4 is 14.8 Å². The van der Waals surface area contributed by atoms with Gasteiger partial charge in [-0.05, 0) is 25.5 Å². The van der Waals surface area contributed by atoms with Crippen molar-refractivity contribution in [2.45, 2.75) is 25.4 Å². The lowest BCUT2D eigenvalue weighted by Crippen LogP contribution is -2.69. The van der Waals surface area contributed by atoms with Crippen LogP contribution in [-0.4, -0.2) is 57.4 Å². The molecule has 2 aliphatic heterocycles. The zero-order valence-corrected chi connectivity index (χ0v) is 16.4. The summed E-state index contributed by atoms with van der Waals surface area (Å²) in [5.41, 5.74) is 2.67. The number of nitrogens with zero attached hydrogens (tertiary/aromatic N) is 5. The van der Waals surface area contributed by atoms with Crippen LogP contribution in [0, 0.1) is 11.3 Å². The van der Waals surface area contributed by atoms with Crippen molar-refractivity contribution in [2.75, 3.05) is 19.7 Å². The number of nitriles is 1. The standard InChI is InChI=1S/C21H20N6O3/c1-2-29-17-6-18(20-14(7-22)9-25-26(20)12-17)13-3-4-19(24-8-13)30-21(28)27-15-5-16(27)11-23-10-15/h3-4,6,8-9,12,15-16,23H,2,5,10-11H2,1H3. The fourth-order valence-electron chi connectivity index (χ4n) is 4.17. The number of hydrogen-bond donors (Lipinski definition) is 1. The second-order valence-corrected chi connectivity index (χ2v) is 7.35. The third-order valence-corrected chi connectivity index (χ3v) is 5.56. The number of nitrogens with one attached hydrogen (secondary N) is 1. The van der Waals surface area contributed by atoms with Crippen molar-refractivity contribution in [1.82, 2.24) is 24.8 Å². The molecule has 5 rings (SSSR count). The largest absolute Gasteiger partial charge is 0.492 e. The maximum absolute atomic E-state index is 12.5. The number of fused-ring (bicyclic) bond motifs is 3. The molecule has 3 aromatic rings. The Morgan fingerprint density at radius 2 is 2.17 bits per heavy atom. The van der Waals surface area contributed by atoms with Crippen LogP contribution in [0.3, 0.4) is 0 Å². The Bertz CT molecular complexity index is 1140. The highest BCUT2D eigenvalue weighted by molar-refractivity contribution is 5.85. The summed E-state index contributed by atoms with van der Waals surface area (Å²) in [7, 11) is 0. The summed E-state index contributed by atoms with van der Waals surface area (Å²) in [5, 5.41) is 17.0. The van der Waals surface area contributed by atoms with E-state index in [4.69, 9.17) is 9.47 Å². The highest BCUT2D eigenvalue weighted by Gasteiger charge is 2.45. The molecule has 2 atom stereocenters. The van der Waals surface area contributed by atoms with Gasteiger partial charge in [-0.1, -0.05) is 0 Å². The van der Waals surface area contributed by atoms with Crippen LogP contribution in [-0.2, 0) is 0 Å². The average Bonchev–Trinajstić information content (AvgIpc) is 3.17. The molecule has 1 amide bonds. The zero-order chi connectivity index (χ0) is 20.7. The third-order valence-electron chi connectivity index (χ3n) is 5.56. The molecule has 1 N–H and O–H groups in total. The first-order valence-corrected chi connectivity index (χ1v) is 9.89. The Morgan fingerprint density at radius 1 is 1.33 bits per heavy atom. The van der Waals surface area contributed by atoms with E-state index in [0.717, 1.165) is 30.6 Å². The number of piperazine rings is 1. The number of piperidine rings is 1. The van der Waals surface area contributed by atoms with Crippen LogP contribution in [0.5, 0.6) is 11.6 Å². The number of carbonyl (C=O) groups is 1. The Labute approximate surface area is 172 Å². The van der Waals surface area contributed by atoms with Gasteiger partial charge in [0, 0.05) is 48.6 Å². The van der Waals surface area contributed by atoms with Crippen LogP contribution in [0.25, 0.3) is 16.6 Å². The van der Waals surface area contributed by atoms with Crippen LogP contribution in [0.4, 0.5) is 4.79 Å². The van der Waals surface area contributed by atoms with Gasteiger partial charge in [0.1, 0.15) is 11.8 Å². The van der Waals surface area contributed by atoms with E-state index in [2.05, 4.69) is 21.5 Å². The maximum atomic E-state index is 12.5. The molecule has 5 heterocycles. The number of amides is 1. The van der Waals surface area contributed by atoms with E-state index >= 15 is 0 Å². The Hall–Kier alpha value is -3.64. The van der Waals surface area contributed by atoms with E-state index in [9.17, 15) is 10.1 Å². The Balaban J connectivity index is 1.42. The van der Waals surface area contributed by atoms with Gasteiger partial charge in [-0.3, -0.25) is 4.90 Å². The van der Waals surface area contributed by atoms with Crippen LogP contribution in [0.15, 0.2) is 36.8 Å². The lowest BCUT2D eigenvalue weighted by atomic mass is 9.89. The molecular formula is C21H20N6O3. The molecule has 0 spiro atoms. The topological polar surface area (TPSA) is 105 Å². The molecule has 3 aromatic heterocycles. The van der Waals surface area contributed by atoms with E-state index < -0.39 is 0 Å². The van der Waals surface area contributed by atoms with Gasteiger partial charge in [0.15, 0.2) is 0 Å². The van der Waals surface area contributed by atoms with E-state index in [1.807, 2.05) is 19.1 Å². The minimum Gasteiger partial charge on any atom is -0.492 e. The predicted octanol–water partition coefficient (Wildman–Crippen LogP) is 2.21. The summed E-state index contributed by atoms with van der Waals surface area (Å²) in [6.07, 6.45) is 5.55. The van der Waals surface area contributed by atoms with Crippen molar-refractivity contribution in [3.63, 3.8) is 0 Å². The summed E-state index contributed by atoms with van der Waals surface area (Å²) in [4.78, 5) is 18.6. The summed E-state index contributed by atoms with van der Waals surface area (Å²) in [5.74, 6) is 0.883. The van der Waals surface area contributed by atoms with Gasteiger partial charge >= 0.3 is 6.09 Å². The van der Waals surface area contributed by atoms with E-state index in [1.165, 1.54) is 6.20 Å². The summed E-state index contributed by atoms with van der Waals surface area (Å²) < 4.78 is 12.7. The third kappa shape index (κ3) is 3.02. The summed E-state index contributed by atoms with van der Waals surface area (Å²) in [6.45, 7) is 4.02. The van der Waals surface area contributed by atoms with Gasteiger partial charge in [0.25, 0.3) is 0 Å². The number of rotatable bonds is 4. The quantitative estimate of drug-likeness (QED) is 0.711. The predicted molar refractivity (Wildman–Crippen MR) is 107 cm³/mol. The molecule has 2 saturated heterocycles. The average molecular weight is 404 g/mol. The van der Waals surface area contributed by atoms with Crippen molar-refractivity contribution >= 4 is 11.6 Å². The van der Waals surface area contributed by atoms with Crippen LogP contribution in [0.2, 0.25) is 0 Å². The molecule has 0 aromatic carbocycles. The summed E-state index contributed by atoms with van der Waals surface area (Å²) >= 11 is 0. The number of hydrogen-bond acceptors (Lipinski definition) is 7. The lowest BCUT2D eigenvalue weighted by molar-refractivity contribution is 0.00415. The second kappa shape index (κ2) is 7.31. The maximum Gasteiger partial charge on any atom is 0.417 e. The van der Waals surface area contributed by atoms with Gasteiger partial charge in [0.2, 0.25) is 5.88 Å². The molecule has 0 aliphatic carbocycles. The number of ether oxygens (including phenoxy) is 2. The van der Waals surface area contributed by atoms with Crippen molar-refractivity contribution in [3.8, 4) is 28.8 Å². The molecule has 0 saturated carbocycles. The highest BCUT2D eigenvalue weighted by atomic mass is 16.6. The first-order chi connectivity index (χ1) is 14.7. The summed E-state index contributed by atoms with van der Waals surface area (Å²) in [6, 6.07) is 7.91. The van der Waals surface area contributed by atoms with Crippen molar-refractivity contribution in [3.05, 3.63) is 42.4 Å². The monoisotopic (exact) mass is 404 g/mol. The Morgan fingerprint density at radius 3 is 2.83 bits per heavy atom. The first-order valence-electron chi connectivity index (χ1n) is 9.89. The fourth-order valence-corrected chi connectivity index (χ4v) is 4.17. The zero-order valence-electron chi connectivity index (χ0n) is 16.4. The van der Waals surface area contributed by atoms with E-state index in [0.29, 0.717) is 23.4 Å². The van der Waals surface area contributed by atoms with E-state index in [1.54, 1.807) is 27.9 Å². The molecule has 9 nitrogen and oxygen atoms in total. The fraction of sp³-hybridized carbons (Fsp3) is 0.333. The number of carbonyl (C=O) groups excluding carboxylic acids is 1. The molecular weight excluding hydrogens is 384 g/mol. The van der Waals surface area contributed by atoms with Crippen molar-refractivity contribution in [2.24, 2.45) is 0 Å². The molecule has 2 fully saturated rings.